The molecule has 4 nitrogen and oxygen atoms in total. The van der Waals surface area contributed by atoms with Crippen molar-refractivity contribution in [3.05, 3.63) is 0 Å². The second kappa shape index (κ2) is 7.10. The maximum absolute atomic E-state index is 11.2. The van der Waals surface area contributed by atoms with Gasteiger partial charge >= 0.3 is 5.97 Å². The molecule has 18 heavy (non-hydrogen) atoms. The number of likely N-dealkylation sites (tertiary alicyclic amines) is 1. The monoisotopic (exact) mass is 256 g/mol. The third-order valence-electron chi connectivity index (χ3n) is 4.28. The average Bonchev–Trinajstić information content (AvgIpc) is 2.54. The summed E-state index contributed by atoms with van der Waals surface area (Å²) in [5.41, 5.74) is -0.779. The first-order valence-corrected chi connectivity index (χ1v) is 7.12. The summed E-state index contributed by atoms with van der Waals surface area (Å²) < 4.78 is 0. The van der Waals surface area contributed by atoms with E-state index in [1.54, 1.807) is 14.0 Å². The van der Waals surface area contributed by atoms with Crippen LogP contribution in [0.25, 0.3) is 0 Å². The number of carboxylic acid groups (broad SMARTS) is 1. The molecular formula is C14H28N2O2. The van der Waals surface area contributed by atoms with Gasteiger partial charge < -0.3 is 15.3 Å². The first kappa shape index (κ1) is 15.4. The SMILES string of the molecule is CNC(C)(CCCN1CCCC(C)CC1)C(=O)O. The Bertz CT molecular complexity index is 271. The molecule has 0 spiro atoms. The predicted octanol–water partition coefficient (Wildman–Crippen LogP) is 1.95. The topological polar surface area (TPSA) is 52.6 Å². The third kappa shape index (κ3) is 4.58. The fourth-order valence-corrected chi connectivity index (χ4v) is 2.54. The molecule has 0 saturated carbocycles. The van der Waals surface area contributed by atoms with Crippen LogP contribution in [0.15, 0.2) is 0 Å². The summed E-state index contributed by atoms with van der Waals surface area (Å²) >= 11 is 0. The van der Waals surface area contributed by atoms with E-state index in [1.807, 2.05) is 0 Å². The smallest absolute Gasteiger partial charge is 0.323 e. The molecule has 1 rings (SSSR count). The van der Waals surface area contributed by atoms with Gasteiger partial charge in [-0.15, -0.1) is 0 Å². The molecule has 1 saturated heterocycles. The van der Waals surface area contributed by atoms with Gasteiger partial charge in [-0.2, -0.15) is 0 Å². The summed E-state index contributed by atoms with van der Waals surface area (Å²) in [5, 5.41) is 12.1. The van der Waals surface area contributed by atoms with Gasteiger partial charge in [-0.05, 0) is 71.6 Å². The number of hydrogen-bond donors (Lipinski definition) is 2. The van der Waals surface area contributed by atoms with E-state index in [4.69, 9.17) is 0 Å². The van der Waals surface area contributed by atoms with Gasteiger partial charge in [0.05, 0.1) is 0 Å². The van der Waals surface area contributed by atoms with Crippen molar-refractivity contribution < 1.29 is 9.90 Å². The average molecular weight is 256 g/mol. The molecule has 1 heterocycles. The van der Waals surface area contributed by atoms with Crippen LogP contribution in [-0.4, -0.2) is 48.2 Å². The number of nitrogens with zero attached hydrogens (tertiary/aromatic N) is 1. The van der Waals surface area contributed by atoms with Gasteiger partial charge in [0, 0.05) is 0 Å². The van der Waals surface area contributed by atoms with Crippen LogP contribution in [-0.2, 0) is 4.79 Å². The zero-order chi connectivity index (χ0) is 13.6. The lowest BCUT2D eigenvalue weighted by Crippen LogP contribution is -2.47. The van der Waals surface area contributed by atoms with Crippen molar-refractivity contribution in [2.24, 2.45) is 5.92 Å². The van der Waals surface area contributed by atoms with Gasteiger partial charge in [-0.3, -0.25) is 4.79 Å². The minimum absolute atomic E-state index is 0.685. The van der Waals surface area contributed by atoms with Crippen LogP contribution in [0.5, 0.6) is 0 Å². The van der Waals surface area contributed by atoms with Crippen LogP contribution in [0, 0.1) is 5.92 Å². The highest BCUT2D eigenvalue weighted by molar-refractivity contribution is 5.78. The Kier molecular flexibility index (Phi) is 6.09. The van der Waals surface area contributed by atoms with E-state index < -0.39 is 11.5 Å². The van der Waals surface area contributed by atoms with Gasteiger partial charge in [0.1, 0.15) is 5.54 Å². The minimum Gasteiger partial charge on any atom is -0.480 e. The van der Waals surface area contributed by atoms with Gasteiger partial charge in [-0.25, -0.2) is 0 Å². The van der Waals surface area contributed by atoms with E-state index in [0.717, 1.165) is 18.9 Å². The van der Waals surface area contributed by atoms with Crippen molar-refractivity contribution in [1.29, 1.82) is 0 Å². The summed E-state index contributed by atoms with van der Waals surface area (Å²) in [6.45, 7) is 7.46. The Morgan fingerprint density at radius 1 is 1.44 bits per heavy atom. The molecule has 106 valence electrons. The lowest BCUT2D eigenvalue weighted by molar-refractivity contribution is -0.144. The summed E-state index contributed by atoms with van der Waals surface area (Å²) in [7, 11) is 1.72. The van der Waals surface area contributed by atoms with Gasteiger partial charge in [0.25, 0.3) is 0 Å². The molecule has 0 bridgehead atoms. The molecule has 0 aromatic heterocycles. The Morgan fingerprint density at radius 3 is 2.78 bits per heavy atom. The molecule has 1 aliphatic heterocycles. The lowest BCUT2D eigenvalue weighted by atomic mass is 9.96. The highest BCUT2D eigenvalue weighted by Gasteiger charge is 2.30. The maximum atomic E-state index is 11.2. The first-order valence-electron chi connectivity index (χ1n) is 7.12. The molecular weight excluding hydrogens is 228 g/mol. The minimum atomic E-state index is -0.779. The Hall–Kier alpha value is -0.610. The normalized spacial score (nSPS) is 25.4. The van der Waals surface area contributed by atoms with Gasteiger partial charge in [0.2, 0.25) is 0 Å². The summed E-state index contributed by atoms with van der Waals surface area (Å²) in [6.07, 6.45) is 5.52. The van der Waals surface area contributed by atoms with E-state index in [0.29, 0.717) is 6.42 Å². The fraction of sp³-hybridized carbons (Fsp3) is 0.929. The quantitative estimate of drug-likeness (QED) is 0.762. The van der Waals surface area contributed by atoms with Gasteiger partial charge in [0.15, 0.2) is 0 Å². The fourth-order valence-electron chi connectivity index (χ4n) is 2.54. The van der Waals surface area contributed by atoms with Crippen molar-refractivity contribution in [3.8, 4) is 0 Å². The first-order chi connectivity index (χ1) is 8.48. The zero-order valence-corrected chi connectivity index (χ0v) is 12.0. The van der Waals surface area contributed by atoms with Crippen LogP contribution in [0.4, 0.5) is 0 Å². The molecule has 0 aromatic rings. The van der Waals surface area contributed by atoms with Crippen molar-refractivity contribution >= 4 is 5.97 Å². The van der Waals surface area contributed by atoms with Crippen molar-refractivity contribution in [2.45, 2.75) is 51.5 Å². The van der Waals surface area contributed by atoms with E-state index in [-0.39, 0.29) is 0 Å². The van der Waals surface area contributed by atoms with Crippen molar-refractivity contribution in [1.82, 2.24) is 10.2 Å². The number of nitrogens with one attached hydrogen (secondary N) is 1. The largest absolute Gasteiger partial charge is 0.480 e. The second-order valence-electron chi connectivity index (χ2n) is 5.87. The highest BCUT2D eigenvalue weighted by Crippen LogP contribution is 2.18. The van der Waals surface area contributed by atoms with Crippen LogP contribution < -0.4 is 5.32 Å². The second-order valence-corrected chi connectivity index (χ2v) is 5.87. The Labute approximate surface area is 111 Å². The maximum Gasteiger partial charge on any atom is 0.323 e. The van der Waals surface area contributed by atoms with E-state index >= 15 is 0 Å². The summed E-state index contributed by atoms with van der Waals surface area (Å²) in [6, 6.07) is 0. The predicted molar refractivity (Wildman–Crippen MR) is 73.8 cm³/mol. The molecule has 0 amide bonds. The van der Waals surface area contributed by atoms with Crippen LogP contribution in [0.1, 0.15) is 46.0 Å². The number of carbonyl (C=O) groups is 1. The number of hydrogen-bond acceptors (Lipinski definition) is 3. The van der Waals surface area contributed by atoms with E-state index in [1.165, 1.54) is 32.4 Å². The van der Waals surface area contributed by atoms with Crippen LogP contribution in [0.3, 0.4) is 0 Å². The van der Waals surface area contributed by atoms with Gasteiger partial charge in [-0.1, -0.05) is 6.92 Å². The Balaban J connectivity index is 2.30. The molecule has 0 aliphatic carbocycles. The number of carboxylic acids is 1. The molecule has 0 aromatic carbocycles. The third-order valence-corrected chi connectivity index (χ3v) is 4.28. The van der Waals surface area contributed by atoms with E-state index in [2.05, 4.69) is 17.1 Å². The molecule has 2 atom stereocenters. The zero-order valence-electron chi connectivity index (χ0n) is 12.0. The van der Waals surface area contributed by atoms with E-state index in [9.17, 15) is 9.90 Å². The molecule has 2 N–H and O–H groups in total. The number of likely N-dealkylation sites (N-methyl/N-ethyl adjacent to an activating group) is 1. The standard InChI is InChI=1S/C14H28N2O2/c1-12-6-4-9-16(11-7-12)10-5-8-14(2,15-3)13(17)18/h12,15H,4-11H2,1-3H3,(H,17,18). The highest BCUT2D eigenvalue weighted by atomic mass is 16.4. The van der Waals surface area contributed by atoms with Crippen LogP contribution in [0.2, 0.25) is 0 Å². The number of rotatable bonds is 6. The summed E-state index contributed by atoms with van der Waals surface area (Å²) in [4.78, 5) is 13.6. The molecule has 2 unspecified atom stereocenters. The van der Waals surface area contributed by atoms with Crippen LogP contribution >= 0.6 is 0 Å². The molecule has 0 radical (unpaired) electrons. The molecule has 1 aliphatic rings. The Morgan fingerprint density at radius 2 is 2.17 bits per heavy atom. The lowest BCUT2D eigenvalue weighted by Gasteiger charge is -2.26. The number of aliphatic carboxylic acids is 1. The van der Waals surface area contributed by atoms with Crippen molar-refractivity contribution in [3.63, 3.8) is 0 Å². The molecule has 4 heteroatoms. The summed E-state index contributed by atoms with van der Waals surface area (Å²) in [5.74, 6) is 0.0890. The van der Waals surface area contributed by atoms with Crippen molar-refractivity contribution in [2.75, 3.05) is 26.7 Å². The molecule has 1 fully saturated rings.